The summed E-state index contributed by atoms with van der Waals surface area (Å²) in [7, 11) is 1.60. The molecule has 0 unspecified atom stereocenters. The molecular weight excluding hydrogens is 332 g/mol. The number of amides is 1. The number of fused-ring (bicyclic) bond motifs is 1. The van der Waals surface area contributed by atoms with Crippen LogP contribution in [-0.2, 0) is 4.74 Å². The lowest BCUT2D eigenvalue weighted by atomic mass is 9.93. The number of hydrogen-bond acceptors (Lipinski definition) is 6. The van der Waals surface area contributed by atoms with Gasteiger partial charge in [0.25, 0.3) is 5.91 Å². The lowest BCUT2D eigenvalue weighted by Crippen LogP contribution is -2.34. The van der Waals surface area contributed by atoms with Crippen LogP contribution in [0.25, 0.3) is 0 Å². The van der Waals surface area contributed by atoms with Crippen molar-refractivity contribution < 1.29 is 14.3 Å². The number of aromatic nitrogens is 2. The number of rotatable bonds is 5. The number of nitrogens with zero attached hydrogens (tertiary/aromatic N) is 3. The van der Waals surface area contributed by atoms with Gasteiger partial charge in [0.2, 0.25) is 5.88 Å². The zero-order chi connectivity index (χ0) is 17.9. The van der Waals surface area contributed by atoms with E-state index in [0.717, 1.165) is 18.9 Å². The van der Waals surface area contributed by atoms with Gasteiger partial charge >= 0.3 is 0 Å². The van der Waals surface area contributed by atoms with Crippen molar-refractivity contribution in [1.29, 1.82) is 0 Å². The molecule has 1 N–H and O–H groups in total. The van der Waals surface area contributed by atoms with Crippen molar-refractivity contribution in [3.8, 4) is 5.88 Å². The van der Waals surface area contributed by atoms with E-state index in [-0.39, 0.29) is 12.0 Å². The molecule has 4 rings (SSSR count). The van der Waals surface area contributed by atoms with E-state index in [1.165, 1.54) is 6.33 Å². The van der Waals surface area contributed by atoms with E-state index in [1.54, 1.807) is 7.11 Å². The zero-order valence-corrected chi connectivity index (χ0v) is 14.7. The van der Waals surface area contributed by atoms with Gasteiger partial charge in [0.15, 0.2) is 0 Å². The second-order valence-corrected chi connectivity index (χ2v) is 6.70. The van der Waals surface area contributed by atoms with E-state index in [0.29, 0.717) is 36.4 Å². The standard InChI is InChI=1S/C19H22N4O3/c1-25-18-7-17(21-12-22-18)23-9-15-14(11-26-16(15)10-23)8-20-19(24)13-5-3-2-4-6-13/h2-7,12,14-16H,8-11H2,1H3,(H,20,24)/t14-,15+,16+/m1/s1. The Morgan fingerprint density at radius 2 is 2.15 bits per heavy atom. The number of nitrogens with one attached hydrogen (secondary N) is 1. The lowest BCUT2D eigenvalue weighted by molar-refractivity contribution is 0.0940. The highest BCUT2D eigenvalue weighted by Gasteiger charge is 2.44. The van der Waals surface area contributed by atoms with E-state index < -0.39 is 0 Å². The number of anilines is 1. The second kappa shape index (κ2) is 7.29. The van der Waals surface area contributed by atoms with Crippen LogP contribution < -0.4 is 15.0 Å². The third-order valence-corrected chi connectivity index (χ3v) is 5.16. The maximum atomic E-state index is 12.3. The minimum Gasteiger partial charge on any atom is -0.481 e. The molecule has 2 aromatic rings. The monoisotopic (exact) mass is 354 g/mol. The van der Waals surface area contributed by atoms with E-state index in [1.807, 2.05) is 36.4 Å². The molecule has 1 amide bonds. The summed E-state index contributed by atoms with van der Waals surface area (Å²) < 4.78 is 11.1. The summed E-state index contributed by atoms with van der Waals surface area (Å²) in [6.45, 7) is 2.96. The summed E-state index contributed by atoms with van der Waals surface area (Å²) in [5, 5.41) is 3.04. The minimum absolute atomic E-state index is 0.0376. The molecule has 1 aromatic carbocycles. The Morgan fingerprint density at radius 3 is 2.96 bits per heavy atom. The molecule has 26 heavy (non-hydrogen) atoms. The van der Waals surface area contributed by atoms with Crippen LogP contribution in [0.5, 0.6) is 5.88 Å². The van der Waals surface area contributed by atoms with Crippen molar-refractivity contribution in [1.82, 2.24) is 15.3 Å². The lowest BCUT2D eigenvalue weighted by Gasteiger charge is -2.21. The highest BCUT2D eigenvalue weighted by molar-refractivity contribution is 5.94. The van der Waals surface area contributed by atoms with Crippen LogP contribution in [0.1, 0.15) is 10.4 Å². The number of ether oxygens (including phenoxy) is 2. The molecule has 7 heteroatoms. The first-order valence-corrected chi connectivity index (χ1v) is 8.80. The largest absolute Gasteiger partial charge is 0.481 e. The van der Waals surface area contributed by atoms with Crippen molar-refractivity contribution in [3.05, 3.63) is 48.3 Å². The summed E-state index contributed by atoms with van der Waals surface area (Å²) in [4.78, 5) is 22.9. The van der Waals surface area contributed by atoms with Crippen LogP contribution in [0.4, 0.5) is 5.82 Å². The fraction of sp³-hybridized carbons (Fsp3) is 0.421. The molecule has 0 aliphatic carbocycles. The third-order valence-electron chi connectivity index (χ3n) is 5.16. The van der Waals surface area contributed by atoms with Crippen molar-refractivity contribution >= 4 is 11.7 Å². The van der Waals surface area contributed by atoms with E-state index in [4.69, 9.17) is 9.47 Å². The molecule has 2 aliphatic heterocycles. The van der Waals surface area contributed by atoms with Crippen molar-refractivity contribution in [3.63, 3.8) is 0 Å². The van der Waals surface area contributed by atoms with Gasteiger partial charge in [-0.25, -0.2) is 9.97 Å². The predicted octanol–water partition coefficient (Wildman–Crippen LogP) is 1.37. The van der Waals surface area contributed by atoms with Crippen LogP contribution >= 0.6 is 0 Å². The normalized spacial score (nSPS) is 24.3. The summed E-state index contributed by atoms with van der Waals surface area (Å²) in [5.74, 6) is 2.06. The van der Waals surface area contributed by atoms with Crippen LogP contribution in [0.3, 0.4) is 0 Å². The summed E-state index contributed by atoms with van der Waals surface area (Å²) >= 11 is 0. The average molecular weight is 354 g/mol. The quantitative estimate of drug-likeness (QED) is 0.874. The number of carbonyl (C=O) groups excluding carboxylic acids is 1. The Hall–Kier alpha value is -2.67. The molecule has 2 saturated heterocycles. The number of carbonyl (C=O) groups is 1. The summed E-state index contributed by atoms with van der Waals surface area (Å²) in [6, 6.07) is 11.1. The van der Waals surface area contributed by atoms with E-state index >= 15 is 0 Å². The van der Waals surface area contributed by atoms with Crippen LogP contribution in [0.15, 0.2) is 42.7 Å². The first kappa shape index (κ1) is 16.8. The van der Waals surface area contributed by atoms with Gasteiger partial charge in [-0.15, -0.1) is 0 Å². The molecule has 3 heterocycles. The van der Waals surface area contributed by atoms with Crippen molar-refractivity contribution in [2.45, 2.75) is 6.10 Å². The third kappa shape index (κ3) is 3.35. The molecule has 2 fully saturated rings. The average Bonchev–Trinajstić information content (AvgIpc) is 3.28. The van der Waals surface area contributed by atoms with E-state index in [9.17, 15) is 4.79 Å². The Kier molecular flexibility index (Phi) is 4.71. The Morgan fingerprint density at radius 1 is 1.31 bits per heavy atom. The molecule has 0 bridgehead atoms. The van der Waals surface area contributed by atoms with Crippen LogP contribution in [0, 0.1) is 11.8 Å². The maximum Gasteiger partial charge on any atom is 0.251 e. The molecular formula is C19H22N4O3. The van der Waals surface area contributed by atoms with Gasteiger partial charge in [0.05, 0.1) is 19.8 Å². The Balaban J connectivity index is 1.36. The number of methoxy groups -OCH3 is 1. The predicted molar refractivity (Wildman–Crippen MR) is 96.3 cm³/mol. The SMILES string of the molecule is COc1cc(N2C[C@H]3[C@H](CNC(=O)c4ccccc4)CO[C@H]3C2)ncn1. The van der Waals surface area contributed by atoms with Crippen LogP contribution in [0.2, 0.25) is 0 Å². The second-order valence-electron chi connectivity index (χ2n) is 6.70. The molecule has 136 valence electrons. The molecule has 0 saturated carbocycles. The van der Waals surface area contributed by atoms with Gasteiger partial charge in [-0.3, -0.25) is 4.79 Å². The van der Waals surface area contributed by atoms with Crippen molar-refractivity contribution in [2.24, 2.45) is 11.8 Å². The first-order valence-electron chi connectivity index (χ1n) is 8.80. The highest BCUT2D eigenvalue weighted by Crippen LogP contribution is 2.35. The number of benzene rings is 1. The molecule has 0 radical (unpaired) electrons. The fourth-order valence-electron chi connectivity index (χ4n) is 3.73. The van der Waals surface area contributed by atoms with Gasteiger partial charge in [-0.2, -0.15) is 0 Å². The van der Waals surface area contributed by atoms with Gasteiger partial charge in [0, 0.05) is 43.1 Å². The van der Waals surface area contributed by atoms with Crippen LogP contribution in [-0.4, -0.2) is 55.3 Å². The Labute approximate surface area is 152 Å². The van der Waals surface area contributed by atoms with E-state index in [2.05, 4.69) is 20.2 Å². The number of hydrogen-bond donors (Lipinski definition) is 1. The van der Waals surface area contributed by atoms with Crippen molar-refractivity contribution in [2.75, 3.05) is 38.3 Å². The first-order chi connectivity index (χ1) is 12.7. The zero-order valence-electron chi connectivity index (χ0n) is 14.7. The van der Waals surface area contributed by atoms with Gasteiger partial charge in [0.1, 0.15) is 12.1 Å². The maximum absolute atomic E-state index is 12.3. The smallest absolute Gasteiger partial charge is 0.251 e. The summed E-state index contributed by atoms with van der Waals surface area (Å²) in [6.07, 6.45) is 1.69. The molecule has 2 aliphatic rings. The van der Waals surface area contributed by atoms with Gasteiger partial charge in [-0.05, 0) is 12.1 Å². The molecule has 1 aromatic heterocycles. The topological polar surface area (TPSA) is 76.6 Å². The van der Waals surface area contributed by atoms with Gasteiger partial charge in [-0.1, -0.05) is 18.2 Å². The van der Waals surface area contributed by atoms with Gasteiger partial charge < -0.3 is 19.7 Å². The molecule has 3 atom stereocenters. The molecule has 7 nitrogen and oxygen atoms in total. The summed E-state index contributed by atoms with van der Waals surface area (Å²) in [5.41, 5.74) is 0.684. The molecule has 0 spiro atoms. The highest BCUT2D eigenvalue weighted by atomic mass is 16.5. The minimum atomic E-state index is -0.0376. The Bertz CT molecular complexity index is 770. The fourth-order valence-corrected chi connectivity index (χ4v) is 3.73.